The van der Waals surface area contributed by atoms with Crippen LogP contribution in [0, 0.1) is 5.82 Å². The summed E-state index contributed by atoms with van der Waals surface area (Å²) in [6.45, 7) is 2.01. The van der Waals surface area contributed by atoms with Crippen molar-refractivity contribution in [2.75, 3.05) is 18.1 Å². The van der Waals surface area contributed by atoms with Gasteiger partial charge in [-0.3, -0.25) is 4.79 Å². The van der Waals surface area contributed by atoms with Gasteiger partial charge in [0, 0.05) is 18.7 Å². The standard InChI is InChI=1S/C15H20FN3O3/c1-2-11(9-20)17-15(22)18-12-7-14(21)19(8-12)13-5-3-4-10(16)6-13/h3-6,11-12,20H,2,7-9H2,1H3,(H2,17,18,22)/t11-,12-/m0/s1. The summed E-state index contributed by atoms with van der Waals surface area (Å²) >= 11 is 0. The molecular formula is C15H20FN3O3. The van der Waals surface area contributed by atoms with E-state index in [1.54, 1.807) is 12.1 Å². The maximum absolute atomic E-state index is 13.2. The molecule has 1 saturated heterocycles. The Kier molecular flexibility index (Phi) is 5.32. The number of carbonyl (C=O) groups excluding carboxylic acids is 2. The van der Waals surface area contributed by atoms with Gasteiger partial charge in [-0.05, 0) is 24.6 Å². The Morgan fingerprint density at radius 3 is 2.95 bits per heavy atom. The smallest absolute Gasteiger partial charge is 0.315 e. The van der Waals surface area contributed by atoms with E-state index in [0.29, 0.717) is 18.7 Å². The zero-order valence-electron chi connectivity index (χ0n) is 12.4. The fraction of sp³-hybridized carbons (Fsp3) is 0.467. The van der Waals surface area contributed by atoms with Crippen molar-refractivity contribution in [3.05, 3.63) is 30.1 Å². The molecule has 3 N–H and O–H groups in total. The number of aliphatic hydroxyl groups is 1. The van der Waals surface area contributed by atoms with Gasteiger partial charge in [0.25, 0.3) is 0 Å². The molecule has 0 bridgehead atoms. The SMILES string of the molecule is CC[C@@H](CO)NC(=O)N[C@H]1CC(=O)N(c2cccc(F)c2)C1. The van der Waals surface area contributed by atoms with Crippen molar-refractivity contribution in [1.29, 1.82) is 0 Å². The van der Waals surface area contributed by atoms with Gasteiger partial charge in [0.15, 0.2) is 0 Å². The molecule has 1 heterocycles. The maximum Gasteiger partial charge on any atom is 0.315 e. The molecule has 0 spiro atoms. The van der Waals surface area contributed by atoms with Crippen molar-refractivity contribution in [2.45, 2.75) is 31.8 Å². The Morgan fingerprint density at radius 1 is 1.55 bits per heavy atom. The van der Waals surface area contributed by atoms with Gasteiger partial charge >= 0.3 is 6.03 Å². The van der Waals surface area contributed by atoms with E-state index in [2.05, 4.69) is 10.6 Å². The number of anilines is 1. The summed E-state index contributed by atoms with van der Waals surface area (Å²) in [5.74, 6) is -0.571. The number of benzene rings is 1. The highest BCUT2D eigenvalue weighted by molar-refractivity contribution is 5.96. The molecule has 0 radical (unpaired) electrons. The van der Waals surface area contributed by atoms with Gasteiger partial charge in [-0.15, -0.1) is 0 Å². The first-order valence-electron chi connectivity index (χ1n) is 7.27. The Bertz CT molecular complexity index is 549. The number of rotatable bonds is 5. The van der Waals surface area contributed by atoms with Crippen LogP contribution in [0.4, 0.5) is 14.9 Å². The molecule has 3 amide bonds. The van der Waals surface area contributed by atoms with Crippen LogP contribution >= 0.6 is 0 Å². The van der Waals surface area contributed by atoms with E-state index in [1.165, 1.54) is 17.0 Å². The predicted molar refractivity (Wildman–Crippen MR) is 80.0 cm³/mol. The zero-order valence-corrected chi connectivity index (χ0v) is 12.4. The fourth-order valence-electron chi connectivity index (χ4n) is 2.39. The van der Waals surface area contributed by atoms with E-state index in [9.17, 15) is 14.0 Å². The number of carbonyl (C=O) groups is 2. The Balaban J connectivity index is 1.93. The van der Waals surface area contributed by atoms with Crippen LogP contribution in [0.2, 0.25) is 0 Å². The molecule has 1 aliphatic rings. The summed E-state index contributed by atoms with van der Waals surface area (Å²) in [6.07, 6.45) is 0.781. The van der Waals surface area contributed by atoms with E-state index in [-0.39, 0.29) is 31.0 Å². The first-order chi connectivity index (χ1) is 10.5. The van der Waals surface area contributed by atoms with Crippen LogP contribution in [0.5, 0.6) is 0 Å². The number of aliphatic hydroxyl groups excluding tert-OH is 1. The third kappa shape index (κ3) is 3.94. The fourth-order valence-corrected chi connectivity index (χ4v) is 2.39. The second-order valence-corrected chi connectivity index (χ2v) is 5.29. The van der Waals surface area contributed by atoms with E-state index in [0.717, 1.165) is 0 Å². The van der Waals surface area contributed by atoms with Gasteiger partial charge in [-0.25, -0.2) is 9.18 Å². The van der Waals surface area contributed by atoms with Crippen molar-refractivity contribution < 1.29 is 19.1 Å². The summed E-state index contributed by atoms with van der Waals surface area (Å²) in [7, 11) is 0. The van der Waals surface area contributed by atoms with Crippen LogP contribution in [-0.4, -0.2) is 42.3 Å². The maximum atomic E-state index is 13.2. The number of amides is 3. The lowest BCUT2D eigenvalue weighted by atomic mass is 10.2. The molecule has 1 aromatic carbocycles. The topological polar surface area (TPSA) is 81.7 Å². The van der Waals surface area contributed by atoms with Crippen LogP contribution in [0.1, 0.15) is 19.8 Å². The van der Waals surface area contributed by atoms with Gasteiger partial charge in [0.2, 0.25) is 5.91 Å². The molecule has 1 aromatic rings. The number of nitrogens with one attached hydrogen (secondary N) is 2. The molecule has 0 unspecified atom stereocenters. The average molecular weight is 309 g/mol. The van der Waals surface area contributed by atoms with Crippen LogP contribution in [0.3, 0.4) is 0 Å². The summed E-state index contributed by atoms with van der Waals surface area (Å²) < 4.78 is 13.2. The molecule has 0 aromatic heterocycles. The molecule has 2 atom stereocenters. The van der Waals surface area contributed by atoms with Gasteiger partial charge in [-0.1, -0.05) is 13.0 Å². The zero-order chi connectivity index (χ0) is 16.1. The van der Waals surface area contributed by atoms with Crippen molar-refractivity contribution in [1.82, 2.24) is 10.6 Å². The minimum Gasteiger partial charge on any atom is -0.394 e. The Hall–Kier alpha value is -2.15. The van der Waals surface area contributed by atoms with Crippen molar-refractivity contribution >= 4 is 17.6 Å². The molecule has 1 fully saturated rings. The van der Waals surface area contributed by atoms with E-state index in [1.807, 2.05) is 6.92 Å². The number of nitrogens with zero attached hydrogens (tertiary/aromatic N) is 1. The lowest BCUT2D eigenvalue weighted by Crippen LogP contribution is -2.48. The molecule has 2 rings (SSSR count). The third-order valence-corrected chi connectivity index (χ3v) is 3.63. The van der Waals surface area contributed by atoms with E-state index < -0.39 is 11.8 Å². The molecule has 1 aliphatic heterocycles. The third-order valence-electron chi connectivity index (χ3n) is 3.63. The second kappa shape index (κ2) is 7.22. The molecule has 0 saturated carbocycles. The summed E-state index contributed by atoms with van der Waals surface area (Å²) in [4.78, 5) is 25.3. The minimum atomic E-state index is -0.417. The second-order valence-electron chi connectivity index (χ2n) is 5.29. The highest BCUT2D eigenvalue weighted by atomic mass is 19.1. The van der Waals surface area contributed by atoms with Gasteiger partial charge in [0.05, 0.1) is 18.7 Å². The van der Waals surface area contributed by atoms with Crippen LogP contribution < -0.4 is 15.5 Å². The normalized spacial score (nSPS) is 19.1. The highest BCUT2D eigenvalue weighted by Gasteiger charge is 2.31. The van der Waals surface area contributed by atoms with Crippen molar-refractivity contribution in [3.8, 4) is 0 Å². The lowest BCUT2D eigenvalue weighted by Gasteiger charge is -2.19. The van der Waals surface area contributed by atoms with Crippen molar-refractivity contribution in [2.24, 2.45) is 0 Å². The largest absolute Gasteiger partial charge is 0.394 e. The Morgan fingerprint density at radius 2 is 2.32 bits per heavy atom. The summed E-state index contributed by atoms with van der Waals surface area (Å²) in [6, 6.07) is 4.73. The molecule has 120 valence electrons. The van der Waals surface area contributed by atoms with E-state index in [4.69, 9.17) is 5.11 Å². The van der Waals surface area contributed by atoms with Crippen LogP contribution in [0.15, 0.2) is 24.3 Å². The number of urea groups is 1. The predicted octanol–water partition coefficient (Wildman–Crippen LogP) is 1.00. The first-order valence-corrected chi connectivity index (χ1v) is 7.27. The molecular weight excluding hydrogens is 289 g/mol. The van der Waals surface area contributed by atoms with Gasteiger partial charge < -0.3 is 20.6 Å². The van der Waals surface area contributed by atoms with Gasteiger partial charge in [0.1, 0.15) is 5.82 Å². The minimum absolute atomic E-state index is 0.136. The summed E-state index contributed by atoms with van der Waals surface area (Å²) in [5, 5.41) is 14.4. The van der Waals surface area contributed by atoms with Crippen LogP contribution in [0.25, 0.3) is 0 Å². The molecule has 6 nitrogen and oxygen atoms in total. The quantitative estimate of drug-likeness (QED) is 0.759. The van der Waals surface area contributed by atoms with E-state index >= 15 is 0 Å². The summed E-state index contributed by atoms with van der Waals surface area (Å²) in [5.41, 5.74) is 0.483. The lowest BCUT2D eigenvalue weighted by molar-refractivity contribution is -0.117. The van der Waals surface area contributed by atoms with Crippen molar-refractivity contribution in [3.63, 3.8) is 0 Å². The molecule has 7 heteroatoms. The highest BCUT2D eigenvalue weighted by Crippen LogP contribution is 2.22. The first kappa shape index (κ1) is 16.2. The number of hydrogen-bond donors (Lipinski definition) is 3. The average Bonchev–Trinajstić information content (AvgIpc) is 2.85. The number of hydrogen-bond acceptors (Lipinski definition) is 3. The molecule has 0 aliphatic carbocycles. The Labute approximate surface area is 128 Å². The van der Waals surface area contributed by atoms with Gasteiger partial charge in [-0.2, -0.15) is 0 Å². The number of halogens is 1. The van der Waals surface area contributed by atoms with Crippen LogP contribution in [-0.2, 0) is 4.79 Å². The molecule has 22 heavy (non-hydrogen) atoms. The monoisotopic (exact) mass is 309 g/mol.